The topological polar surface area (TPSA) is 0 Å². The summed E-state index contributed by atoms with van der Waals surface area (Å²) < 4.78 is 1.46. The van der Waals surface area contributed by atoms with Gasteiger partial charge in [0.15, 0.2) is 0 Å². The second kappa shape index (κ2) is 18.6. The van der Waals surface area contributed by atoms with E-state index in [1.54, 1.807) is 6.07 Å². The zero-order valence-electron chi connectivity index (χ0n) is 29.7. The molecule has 0 nitrogen and oxygen atoms in total. The van der Waals surface area contributed by atoms with Crippen molar-refractivity contribution in [2.24, 2.45) is 0 Å². The summed E-state index contributed by atoms with van der Waals surface area (Å²) in [5.41, 5.74) is 7.78. The molecule has 0 aliphatic heterocycles. The van der Waals surface area contributed by atoms with Crippen molar-refractivity contribution in [3.63, 3.8) is 0 Å². The molecule has 0 saturated heterocycles. The number of allylic oxidation sites excluding steroid dienone is 4. The van der Waals surface area contributed by atoms with Gasteiger partial charge in [0.05, 0.1) is 10.0 Å². The van der Waals surface area contributed by atoms with Crippen molar-refractivity contribution in [3.8, 4) is 0 Å². The predicted molar refractivity (Wildman–Crippen MR) is 212 cm³/mol. The fourth-order valence-electron chi connectivity index (χ4n) is 5.66. The van der Waals surface area contributed by atoms with Crippen LogP contribution in [-0.4, -0.2) is 3.26 Å². The molecule has 6 heteroatoms. The van der Waals surface area contributed by atoms with E-state index in [0.29, 0.717) is 15.1 Å². The van der Waals surface area contributed by atoms with E-state index in [-0.39, 0.29) is 35.6 Å². The maximum atomic E-state index is 6.07. The van der Waals surface area contributed by atoms with Gasteiger partial charge in [0, 0.05) is 5.02 Å². The Morgan fingerprint density at radius 1 is 0.627 bits per heavy atom. The first kappa shape index (κ1) is 43.0. The zero-order valence-corrected chi connectivity index (χ0v) is 37.1. The Labute approximate surface area is 346 Å². The maximum absolute atomic E-state index is 6.07. The van der Waals surface area contributed by atoms with Crippen LogP contribution in [0, 0.1) is 6.08 Å². The van der Waals surface area contributed by atoms with Crippen LogP contribution in [0.3, 0.4) is 0 Å². The van der Waals surface area contributed by atoms with Crippen LogP contribution < -0.4 is 24.8 Å². The van der Waals surface area contributed by atoms with Gasteiger partial charge < -0.3 is 24.8 Å². The molecule has 0 unspecified atom stereocenters. The van der Waals surface area contributed by atoms with Crippen molar-refractivity contribution in [1.82, 2.24) is 0 Å². The van der Waals surface area contributed by atoms with E-state index in [0.717, 1.165) is 41.4 Å². The first-order valence-corrected chi connectivity index (χ1v) is 19.4. The average molecular weight is 938 g/mol. The third-order valence-electron chi connectivity index (χ3n) is 8.58. The molecular weight excluding hydrogens is 896 g/mol. The van der Waals surface area contributed by atoms with Crippen molar-refractivity contribution in [3.05, 3.63) is 176 Å². The number of fused-ring (bicyclic) bond motifs is 3. The average Bonchev–Trinajstić information content (AvgIpc) is 3.75. The fourth-order valence-corrected chi connectivity index (χ4v) is 7.49. The van der Waals surface area contributed by atoms with Gasteiger partial charge in [0.25, 0.3) is 0 Å². The first-order valence-electron chi connectivity index (χ1n) is 16.5. The summed E-state index contributed by atoms with van der Waals surface area (Å²) in [6, 6.07) is 41.0. The Morgan fingerprint density at radius 2 is 1.10 bits per heavy atom. The van der Waals surface area contributed by atoms with Crippen LogP contribution in [0.5, 0.6) is 0 Å². The van der Waals surface area contributed by atoms with Gasteiger partial charge in [-0.3, -0.25) is 0 Å². The van der Waals surface area contributed by atoms with E-state index in [4.69, 9.17) is 34.8 Å². The molecule has 0 N–H and O–H groups in total. The van der Waals surface area contributed by atoms with Gasteiger partial charge in [-0.15, -0.1) is 57.4 Å². The molecule has 0 amide bonds. The second-order valence-electron chi connectivity index (χ2n) is 14.3. The van der Waals surface area contributed by atoms with Gasteiger partial charge in [-0.1, -0.05) is 124 Å². The van der Waals surface area contributed by atoms with Crippen LogP contribution in [-0.2, 0) is 34.7 Å². The van der Waals surface area contributed by atoms with Crippen molar-refractivity contribution in [2.75, 3.05) is 0 Å². The summed E-state index contributed by atoms with van der Waals surface area (Å²) in [5, 5.41) is 6.85. The van der Waals surface area contributed by atoms with E-state index >= 15 is 0 Å². The summed E-state index contributed by atoms with van der Waals surface area (Å²) >= 11 is 18.9. The Morgan fingerprint density at radius 3 is 1.51 bits per heavy atom. The van der Waals surface area contributed by atoms with Crippen molar-refractivity contribution in [1.29, 1.82) is 0 Å². The summed E-state index contributed by atoms with van der Waals surface area (Å²) in [7, 11) is 0. The molecule has 51 heavy (non-hydrogen) atoms. The molecule has 0 saturated carbocycles. The van der Waals surface area contributed by atoms with Crippen molar-refractivity contribution < 1.29 is 48.7 Å². The normalized spacial score (nSPS) is 12.2. The monoisotopic (exact) mass is 936 g/mol. The van der Waals surface area contributed by atoms with E-state index in [2.05, 4.69) is 151 Å². The third kappa shape index (κ3) is 10.8. The fraction of sp³-hybridized carbons (Fsp3) is 0.200. The molecule has 0 fully saturated rings. The summed E-state index contributed by atoms with van der Waals surface area (Å²) in [6.07, 6.45) is 8.00. The van der Waals surface area contributed by atoms with Gasteiger partial charge in [-0.25, -0.2) is 0 Å². The predicted octanol–water partition coefficient (Wildman–Crippen LogP) is 7.91. The van der Waals surface area contributed by atoms with E-state index in [1.165, 1.54) is 47.1 Å². The molecule has 0 heterocycles. The van der Waals surface area contributed by atoms with Crippen molar-refractivity contribution >= 4 is 65.2 Å². The summed E-state index contributed by atoms with van der Waals surface area (Å²) in [6.45, 7) is 13.6. The minimum absolute atomic E-state index is 0. The summed E-state index contributed by atoms with van der Waals surface area (Å²) in [5.74, 6) is 0. The van der Waals surface area contributed by atoms with Gasteiger partial charge >= 0.3 is 98.9 Å². The van der Waals surface area contributed by atoms with Crippen LogP contribution >= 0.6 is 34.8 Å². The third-order valence-corrected chi connectivity index (χ3v) is 11.9. The molecule has 0 radical (unpaired) electrons. The number of hydrogen-bond donors (Lipinski definition) is 0. The first-order chi connectivity index (χ1) is 23.2. The number of halogens is 5. The van der Waals surface area contributed by atoms with Crippen LogP contribution in [0.2, 0.25) is 15.1 Å². The Bertz CT molecular complexity index is 2040. The van der Waals surface area contributed by atoms with Gasteiger partial charge in [-0.2, -0.15) is 17.7 Å². The van der Waals surface area contributed by atoms with E-state index < -0.39 is 0 Å². The van der Waals surface area contributed by atoms with Crippen molar-refractivity contribution in [2.45, 2.75) is 58.8 Å². The molecule has 7 rings (SSSR count). The minimum atomic E-state index is 0. The second-order valence-corrected chi connectivity index (χ2v) is 17.2. The standard InChI is InChI=1S/C21H25.C13H10.C11H6Cl3.2ClH.Hf/c1-20(2,3)16-7-9-18-14(12-16)11-15-13-17(21(4,5)6)8-10-19(15)18;1-3-7-12(8-4-1)11-13-9-5-2-6-10-13;12-9-6-5-8(10(13)11(9)14)7-3-1-2-4-7;;;/h7-13H,1-6H3;1-10H;1,3,5-6H,2H2;2*1H;/q-1;;-1;;;+2/p-2. The van der Waals surface area contributed by atoms with Crippen LogP contribution in [0.1, 0.15) is 75.8 Å². The number of benzene rings is 5. The SMILES string of the molecule is CC(C)(C)c1ccc2c(c1)[cH-]c1cc(C(C)(C)C)ccc12.Clc1ccc(C2=[C-]CC=C2)c(Cl)c1Cl.[Cl-].[Cl-].[Hf+2]=[C](c1ccccc1)c1ccccc1. The molecule has 6 aromatic rings. The van der Waals surface area contributed by atoms with Gasteiger partial charge in [-0.05, 0) is 10.8 Å². The molecule has 1 aliphatic rings. The molecule has 0 atom stereocenters. The summed E-state index contributed by atoms with van der Waals surface area (Å²) in [4.78, 5) is 0. The molecule has 0 aromatic heterocycles. The van der Waals surface area contributed by atoms with Gasteiger partial charge in [0.1, 0.15) is 0 Å². The Balaban J connectivity index is 0.000000209. The molecule has 6 aromatic carbocycles. The quantitative estimate of drug-likeness (QED) is 0.0963. The number of rotatable bonds is 3. The van der Waals surface area contributed by atoms with Gasteiger partial charge in [0.2, 0.25) is 0 Å². The molecule has 0 spiro atoms. The Hall–Kier alpha value is -2.36. The molecular formula is C45H41Cl5Hf-2. The van der Waals surface area contributed by atoms with Crippen LogP contribution in [0.15, 0.2) is 127 Å². The van der Waals surface area contributed by atoms with E-state index in [1.807, 2.05) is 18.2 Å². The Kier molecular flexibility index (Phi) is 15.7. The van der Waals surface area contributed by atoms with Crippen LogP contribution in [0.4, 0.5) is 0 Å². The van der Waals surface area contributed by atoms with Crippen LogP contribution in [0.25, 0.3) is 27.1 Å². The molecule has 1 aliphatic carbocycles. The van der Waals surface area contributed by atoms with E-state index in [9.17, 15) is 0 Å². The molecule has 0 bridgehead atoms. The molecule has 262 valence electrons. The number of hydrogen-bond acceptors (Lipinski definition) is 0. The zero-order chi connectivity index (χ0) is 35.3.